The molecule has 2 aromatic carbocycles. The number of piperazine rings is 1. The first-order valence-corrected chi connectivity index (χ1v) is 11.7. The van der Waals surface area contributed by atoms with Crippen LogP contribution in [0.5, 0.6) is 5.75 Å². The molecule has 5 nitrogen and oxygen atoms in total. The van der Waals surface area contributed by atoms with Crippen molar-refractivity contribution in [2.75, 3.05) is 37.7 Å². The highest BCUT2D eigenvalue weighted by molar-refractivity contribution is 9.10. The Morgan fingerprint density at radius 1 is 1.00 bits per heavy atom. The number of anilines is 1. The van der Waals surface area contributed by atoms with Crippen molar-refractivity contribution >= 4 is 31.6 Å². The van der Waals surface area contributed by atoms with Gasteiger partial charge in [-0.25, -0.2) is 8.42 Å². The fourth-order valence-electron chi connectivity index (χ4n) is 3.88. The van der Waals surface area contributed by atoms with Gasteiger partial charge in [-0.2, -0.15) is 4.31 Å². The van der Waals surface area contributed by atoms with Gasteiger partial charge in [-0.3, -0.25) is 0 Å². The maximum atomic E-state index is 13.1. The molecule has 2 aromatic rings. The maximum absolute atomic E-state index is 13.1. The second kappa shape index (κ2) is 8.43. The highest BCUT2D eigenvalue weighted by Gasteiger charge is 2.30. The van der Waals surface area contributed by atoms with Gasteiger partial charge in [0.1, 0.15) is 5.75 Å². The normalized spacial score (nSPS) is 15.7. The van der Waals surface area contributed by atoms with E-state index >= 15 is 0 Å². The van der Waals surface area contributed by atoms with Crippen molar-refractivity contribution < 1.29 is 13.2 Å². The van der Waals surface area contributed by atoms with Crippen molar-refractivity contribution in [3.63, 3.8) is 0 Å². The first kappa shape index (κ1) is 21.1. The summed E-state index contributed by atoms with van der Waals surface area (Å²) in [5, 5.41) is 0. The Hall–Kier alpha value is -1.57. The lowest BCUT2D eigenvalue weighted by molar-refractivity contribution is 0.336. The lowest BCUT2D eigenvalue weighted by Gasteiger charge is -2.37. The van der Waals surface area contributed by atoms with Crippen LogP contribution in [0.3, 0.4) is 0 Å². The second-order valence-corrected chi connectivity index (χ2v) is 9.96. The molecule has 1 heterocycles. The summed E-state index contributed by atoms with van der Waals surface area (Å²) in [6.45, 7) is 11.0. The molecule has 0 saturated carbocycles. The maximum Gasteiger partial charge on any atom is 0.243 e. The molecular formula is C21H27BrN2O3S. The molecule has 0 atom stereocenters. The predicted octanol–water partition coefficient (Wildman–Crippen LogP) is 4.28. The van der Waals surface area contributed by atoms with Gasteiger partial charge in [0.25, 0.3) is 0 Å². The first-order valence-electron chi connectivity index (χ1n) is 9.49. The van der Waals surface area contributed by atoms with E-state index in [0.717, 1.165) is 4.47 Å². The molecule has 1 fully saturated rings. The van der Waals surface area contributed by atoms with Crippen LogP contribution in [0.15, 0.2) is 39.7 Å². The lowest BCUT2D eigenvalue weighted by Crippen LogP contribution is -2.49. The number of rotatable bonds is 5. The monoisotopic (exact) mass is 466 g/mol. The molecule has 1 aliphatic heterocycles. The van der Waals surface area contributed by atoms with Crippen LogP contribution in [0.2, 0.25) is 0 Å². The largest absolute Gasteiger partial charge is 0.493 e. The van der Waals surface area contributed by atoms with Gasteiger partial charge in [0.2, 0.25) is 10.0 Å². The molecule has 1 aliphatic rings. The van der Waals surface area contributed by atoms with Gasteiger partial charge in [-0.15, -0.1) is 0 Å². The molecule has 0 amide bonds. The number of ether oxygens (including phenoxy) is 1. The van der Waals surface area contributed by atoms with Gasteiger partial charge in [0.05, 0.1) is 16.0 Å². The van der Waals surface area contributed by atoms with Gasteiger partial charge >= 0.3 is 0 Å². The average molecular weight is 467 g/mol. The van der Waals surface area contributed by atoms with Crippen LogP contribution in [0, 0.1) is 20.8 Å². The van der Waals surface area contributed by atoms with Crippen LogP contribution in [0.25, 0.3) is 0 Å². The molecule has 0 bridgehead atoms. The highest BCUT2D eigenvalue weighted by Crippen LogP contribution is 2.31. The van der Waals surface area contributed by atoms with E-state index in [1.807, 2.05) is 6.92 Å². The van der Waals surface area contributed by atoms with Gasteiger partial charge in [0, 0.05) is 37.9 Å². The van der Waals surface area contributed by atoms with Crippen LogP contribution in [0.4, 0.5) is 5.69 Å². The Morgan fingerprint density at radius 3 is 2.18 bits per heavy atom. The fraction of sp³-hybridized carbons (Fsp3) is 0.429. The number of hydrogen-bond donors (Lipinski definition) is 0. The van der Waals surface area contributed by atoms with E-state index in [1.54, 1.807) is 22.5 Å². The third-order valence-corrected chi connectivity index (χ3v) is 7.58. The molecule has 0 spiro atoms. The molecule has 0 unspecified atom stereocenters. The Morgan fingerprint density at radius 2 is 1.61 bits per heavy atom. The minimum atomic E-state index is -3.55. The molecule has 28 heavy (non-hydrogen) atoms. The number of nitrogens with zero attached hydrogens (tertiary/aromatic N) is 2. The number of aryl methyl sites for hydroxylation is 3. The zero-order chi connectivity index (χ0) is 20.5. The summed E-state index contributed by atoms with van der Waals surface area (Å²) in [6, 6.07) is 9.32. The summed E-state index contributed by atoms with van der Waals surface area (Å²) >= 11 is 3.41. The smallest absolute Gasteiger partial charge is 0.243 e. The molecule has 0 aliphatic carbocycles. The summed E-state index contributed by atoms with van der Waals surface area (Å²) in [5.41, 5.74) is 4.95. The van der Waals surface area contributed by atoms with Crippen LogP contribution in [-0.4, -0.2) is 45.5 Å². The van der Waals surface area contributed by atoms with Crippen molar-refractivity contribution in [1.82, 2.24) is 4.31 Å². The minimum absolute atomic E-state index is 0.273. The van der Waals surface area contributed by atoms with Gasteiger partial charge in [-0.1, -0.05) is 17.7 Å². The van der Waals surface area contributed by atoms with Gasteiger partial charge in [0.15, 0.2) is 0 Å². The molecule has 1 saturated heterocycles. The zero-order valence-electron chi connectivity index (χ0n) is 16.8. The molecular weight excluding hydrogens is 440 g/mol. The van der Waals surface area contributed by atoms with Crippen LogP contribution in [0.1, 0.15) is 23.6 Å². The molecule has 0 N–H and O–H groups in total. The van der Waals surface area contributed by atoms with Crippen LogP contribution >= 0.6 is 15.9 Å². The van der Waals surface area contributed by atoms with Crippen molar-refractivity contribution in [3.05, 3.63) is 51.5 Å². The van der Waals surface area contributed by atoms with E-state index in [0.29, 0.717) is 38.5 Å². The van der Waals surface area contributed by atoms with E-state index in [1.165, 1.54) is 22.4 Å². The standard InChI is InChI=1S/C21H27BrN2O3S/c1-5-27-20-14-18(6-7-19(20)22)28(25,26)24-10-8-23(9-11-24)21-16(3)12-15(2)13-17(21)4/h6-7,12-14H,5,8-11H2,1-4H3. The van der Waals surface area contributed by atoms with E-state index in [2.05, 4.69) is 53.7 Å². The minimum Gasteiger partial charge on any atom is -0.493 e. The summed E-state index contributed by atoms with van der Waals surface area (Å²) < 4.78 is 34.1. The second-order valence-electron chi connectivity index (χ2n) is 7.16. The summed E-state index contributed by atoms with van der Waals surface area (Å²) in [4.78, 5) is 2.57. The van der Waals surface area contributed by atoms with Gasteiger partial charge in [-0.05, 0) is 66.9 Å². The average Bonchev–Trinajstić information content (AvgIpc) is 2.63. The highest BCUT2D eigenvalue weighted by atomic mass is 79.9. The topological polar surface area (TPSA) is 49.9 Å². The number of benzene rings is 2. The van der Waals surface area contributed by atoms with E-state index in [9.17, 15) is 8.42 Å². The Kier molecular flexibility index (Phi) is 6.37. The SMILES string of the molecule is CCOc1cc(S(=O)(=O)N2CCN(c3c(C)cc(C)cc3C)CC2)ccc1Br. The Balaban J connectivity index is 1.78. The third-order valence-electron chi connectivity index (χ3n) is 5.03. The molecule has 3 rings (SSSR count). The van der Waals surface area contributed by atoms with Crippen LogP contribution < -0.4 is 9.64 Å². The predicted molar refractivity (Wildman–Crippen MR) is 117 cm³/mol. The lowest BCUT2D eigenvalue weighted by atomic mass is 10.0. The molecule has 152 valence electrons. The van der Waals surface area contributed by atoms with Crippen molar-refractivity contribution in [3.8, 4) is 5.75 Å². The summed E-state index contributed by atoms with van der Waals surface area (Å²) in [5.74, 6) is 0.549. The van der Waals surface area contributed by atoms with Gasteiger partial charge < -0.3 is 9.64 Å². The number of sulfonamides is 1. The fourth-order valence-corrected chi connectivity index (χ4v) is 5.68. The number of halogens is 1. The van der Waals surface area contributed by atoms with E-state index in [4.69, 9.17) is 4.74 Å². The van der Waals surface area contributed by atoms with Crippen molar-refractivity contribution in [2.45, 2.75) is 32.6 Å². The Labute approximate surface area is 176 Å². The van der Waals surface area contributed by atoms with Crippen molar-refractivity contribution in [1.29, 1.82) is 0 Å². The molecule has 7 heteroatoms. The Bertz CT molecular complexity index is 945. The van der Waals surface area contributed by atoms with Crippen LogP contribution in [-0.2, 0) is 10.0 Å². The zero-order valence-corrected chi connectivity index (χ0v) is 19.2. The quantitative estimate of drug-likeness (QED) is 0.659. The molecule has 0 aromatic heterocycles. The summed E-state index contributed by atoms with van der Waals surface area (Å²) in [6.07, 6.45) is 0. The third kappa shape index (κ3) is 4.21. The first-order chi connectivity index (χ1) is 13.2. The van der Waals surface area contributed by atoms with E-state index < -0.39 is 10.0 Å². The van der Waals surface area contributed by atoms with E-state index in [-0.39, 0.29) is 4.90 Å². The summed E-state index contributed by atoms with van der Waals surface area (Å²) in [7, 11) is -3.55. The van der Waals surface area contributed by atoms with Crippen molar-refractivity contribution in [2.24, 2.45) is 0 Å². The number of hydrogen-bond acceptors (Lipinski definition) is 4. The molecule has 0 radical (unpaired) electrons.